The Morgan fingerprint density at radius 1 is 1.25 bits per heavy atom. The molecule has 0 radical (unpaired) electrons. The second-order valence-electron chi connectivity index (χ2n) is 5.98. The third-order valence-electron chi connectivity index (χ3n) is 4.31. The molecule has 0 saturated heterocycles. The van der Waals surface area contributed by atoms with Crippen molar-refractivity contribution in [2.75, 3.05) is 6.54 Å². The Bertz CT molecular complexity index is 699. The lowest BCUT2D eigenvalue weighted by atomic mass is 9.82. The summed E-state index contributed by atoms with van der Waals surface area (Å²) in [6.07, 6.45) is 16.1. The first kappa shape index (κ1) is 16.3. The van der Waals surface area contributed by atoms with E-state index in [1.54, 1.807) is 36.7 Å². The third kappa shape index (κ3) is 4.04. The van der Waals surface area contributed by atoms with Gasteiger partial charge >= 0.3 is 0 Å². The van der Waals surface area contributed by atoms with Crippen LogP contribution < -0.4 is 5.32 Å². The molecule has 0 aliphatic heterocycles. The van der Waals surface area contributed by atoms with Crippen LogP contribution in [0.25, 0.3) is 0 Å². The average molecular weight is 324 g/mol. The van der Waals surface area contributed by atoms with Gasteiger partial charge in [0, 0.05) is 24.6 Å². The van der Waals surface area contributed by atoms with Gasteiger partial charge in [0.25, 0.3) is 0 Å². The number of alkyl halides is 1. The van der Waals surface area contributed by atoms with E-state index in [2.05, 4.69) is 15.3 Å². The Balaban J connectivity index is 1.71. The smallest absolute Gasteiger partial charge is 0.177 e. The lowest BCUT2D eigenvalue weighted by Gasteiger charge is -2.29. The highest BCUT2D eigenvalue weighted by molar-refractivity contribution is 6.04. The highest BCUT2D eigenvalue weighted by Crippen LogP contribution is 2.32. The minimum absolute atomic E-state index is 0.274. The summed E-state index contributed by atoms with van der Waals surface area (Å²) in [5.41, 5.74) is 1.94. The Morgan fingerprint density at radius 3 is 2.75 bits per heavy atom. The van der Waals surface area contributed by atoms with Gasteiger partial charge in [-0.05, 0) is 42.6 Å². The SMILES string of the molecule is N=C(/C=C(\NCC1=CC=CC=CC1F)C1CCC1)c1ncccn1. The van der Waals surface area contributed by atoms with Crippen molar-refractivity contribution in [2.24, 2.45) is 5.92 Å². The van der Waals surface area contributed by atoms with E-state index in [0.717, 1.165) is 18.5 Å². The molecule has 1 saturated carbocycles. The second-order valence-corrected chi connectivity index (χ2v) is 5.98. The highest BCUT2D eigenvalue weighted by atomic mass is 19.1. The van der Waals surface area contributed by atoms with Crippen LogP contribution in [0.4, 0.5) is 4.39 Å². The van der Waals surface area contributed by atoms with Crippen molar-refractivity contribution in [1.29, 1.82) is 5.41 Å². The second kappa shape index (κ2) is 7.81. The van der Waals surface area contributed by atoms with Crippen LogP contribution in [0.15, 0.2) is 66.2 Å². The summed E-state index contributed by atoms with van der Waals surface area (Å²) in [6.45, 7) is 0.432. The molecule has 0 spiro atoms. The molecular weight excluding hydrogens is 303 g/mol. The van der Waals surface area contributed by atoms with E-state index >= 15 is 0 Å². The molecule has 0 aromatic carbocycles. The Labute approximate surface area is 141 Å². The standard InChI is InChI=1S/C19H21FN4/c20-16-9-3-1-2-6-15(16)13-24-18(14-7-4-8-14)12-17(21)19-22-10-5-11-23-19/h1-3,5-6,9-12,14,16,21,24H,4,7-8,13H2/b18-12-,21-17?. The predicted molar refractivity (Wildman–Crippen MR) is 93.5 cm³/mol. The minimum Gasteiger partial charge on any atom is -0.384 e. The molecule has 24 heavy (non-hydrogen) atoms. The van der Waals surface area contributed by atoms with E-state index in [9.17, 15) is 4.39 Å². The van der Waals surface area contributed by atoms with Crippen LogP contribution in [0, 0.1) is 11.3 Å². The zero-order valence-corrected chi connectivity index (χ0v) is 13.5. The van der Waals surface area contributed by atoms with Crippen molar-refractivity contribution >= 4 is 5.71 Å². The van der Waals surface area contributed by atoms with E-state index in [0.29, 0.717) is 23.9 Å². The van der Waals surface area contributed by atoms with Crippen LogP contribution >= 0.6 is 0 Å². The molecule has 0 amide bonds. The summed E-state index contributed by atoms with van der Waals surface area (Å²) in [6, 6.07) is 1.73. The number of nitrogens with zero attached hydrogens (tertiary/aromatic N) is 2. The minimum atomic E-state index is -1.08. The van der Waals surface area contributed by atoms with Gasteiger partial charge in [-0.2, -0.15) is 0 Å². The molecule has 2 N–H and O–H groups in total. The maximum Gasteiger partial charge on any atom is 0.177 e. The lowest BCUT2D eigenvalue weighted by molar-refractivity contribution is 0.350. The first-order chi connectivity index (χ1) is 11.7. The molecule has 2 aliphatic carbocycles. The van der Waals surface area contributed by atoms with Gasteiger partial charge in [-0.3, -0.25) is 5.41 Å². The average Bonchev–Trinajstić information content (AvgIpc) is 2.76. The summed E-state index contributed by atoms with van der Waals surface area (Å²) >= 11 is 0. The van der Waals surface area contributed by atoms with Gasteiger partial charge in [0.2, 0.25) is 0 Å². The number of hydrogen-bond acceptors (Lipinski definition) is 4. The summed E-state index contributed by atoms with van der Waals surface area (Å²) in [5, 5.41) is 11.5. The molecule has 4 nitrogen and oxygen atoms in total. The molecule has 1 aromatic rings. The van der Waals surface area contributed by atoms with Gasteiger partial charge in [-0.25, -0.2) is 14.4 Å². The maximum atomic E-state index is 14.1. The van der Waals surface area contributed by atoms with Crippen molar-refractivity contribution in [3.63, 3.8) is 0 Å². The van der Waals surface area contributed by atoms with Crippen molar-refractivity contribution in [2.45, 2.75) is 25.4 Å². The molecule has 1 atom stereocenters. The number of allylic oxidation sites excluding steroid dienone is 7. The van der Waals surface area contributed by atoms with Crippen LogP contribution in [0.5, 0.6) is 0 Å². The van der Waals surface area contributed by atoms with Gasteiger partial charge in [0.1, 0.15) is 11.9 Å². The predicted octanol–water partition coefficient (Wildman–Crippen LogP) is 3.51. The molecule has 5 heteroatoms. The molecule has 3 rings (SSSR count). The fourth-order valence-electron chi connectivity index (χ4n) is 2.67. The zero-order valence-electron chi connectivity index (χ0n) is 13.5. The van der Waals surface area contributed by atoms with E-state index < -0.39 is 6.17 Å². The fraction of sp³-hybridized carbons (Fsp3) is 0.316. The highest BCUT2D eigenvalue weighted by Gasteiger charge is 2.23. The molecule has 2 aliphatic rings. The van der Waals surface area contributed by atoms with Crippen molar-refractivity contribution in [3.8, 4) is 0 Å². The summed E-state index contributed by atoms with van der Waals surface area (Å²) in [4.78, 5) is 8.22. The first-order valence-electron chi connectivity index (χ1n) is 8.23. The summed E-state index contributed by atoms with van der Waals surface area (Å²) in [7, 11) is 0. The van der Waals surface area contributed by atoms with Crippen LogP contribution in [-0.2, 0) is 0 Å². The molecule has 0 bridgehead atoms. The summed E-state index contributed by atoms with van der Waals surface area (Å²) < 4.78 is 14.1. The van der Waals surface area contributed by atoms with Gasteiger partial charge in [0.05, 0.1) is 0 Å². The third-order valence-corrected chi connectivity index (χ3v) is 4.31. The number of aromatic nitrogens is 2. The Kier molecular flexibility index (Phi) is 5.31. The maximum absolute atomic E-state index is 14.1. The largest absolute Gasteiger partial charge is 0.384 e. The number of nitrogens with one attached hydrogen (secondary N) is 2. The van der Waals surface area contributed by atoms with Crippen LogP contribution in [0.2, 0.25) is 0 Å². The van der Waals surface area contributed by atoms with E-state index in [-0.39, 0.29) is 5.71 Å². The van der Waals surface area contributed by atoms with Crippen LogP contribution in [0.3, 0.4) is 0 Å². The molecule has 1 heterocycles. The topological polar surface area (TPSA) is 61.7 Å². The number of halogens is 1. The molecule has 1 fully saturated rings. The number of hydrogen-bond donors (Lipinski definition) is 2. The van der Waals surface area contributed by atoms with Crippen molar-refractivity contribution in [1.82, 2.24) is 15.3 Å². The normalized spacial score (nSPS) is 21.0. The van der Waals surface area contributed by atoms with Gasteiger partial charge in [-0.15, -0.1) is 0 Å². The van der Waals surface area contributed by atoms with E-state index in [1.165, 1.54) is 6.42 Å². The van der Waals surface area contributed by atoms with Gasteiger partial charge in [0.15, 0.2) is 5.82 Å². The van der Waals surface area contributed by atoms with Crippen molar-refractivity contribution < 1.29 is 4.39 Å². The van der Waals surface area contributed by atoms with E-state index in [4.69, 9.17) is 5.41 Å². The Hall–Kier alpha value is -2.56. The van der Waals surface area contributed by atoms with Gasteiger partial charge in [-0.1, -0.05) is 30.7 Å². The Morgan fingerprint density at radius 2 is 2.04 bits per heavy atom. The first-order valence-corrected chi connectivity index (χ1v) is 8.23. The molecular formula is C19H21FN4. The van der Waals surface area contributed by atoms with E-state index in [1.807, 2.05) is 18.2 Å². The molecule has 1 aromatic heterocycles. The monoisotopic (exact) mass is 324 g/mol. The van der Waals surface area contributed by atoms with Gasteiger partial charge < -0.3 is 5.32 Å². The quantitative estimate of drug-likeness (QED) is 0.787. The fourth-order valence-corrected chi connectivity index (χ4v) is 2.67. The summed E-state index contributed by atoms with van der Waals surface area (Å²) in [5.74, 6) is 0.809. The molecule has 1 unspecified atom stereocenters. The van der Waals surface area contributed by atoms with Crippen molar-refractivity contribution in [3.05, 3.63) is 72.0 Å². The molecule has 124 valence electrons. The lowest BCUT2D eigenvalue weighted by Crippen LogP contribution is -2.29. The van der Waals surface area contributed by atoms with Crippen LogP contribution in [0.1, 0.15) is 25.1 Å². The zero-order chi connectivity index (χ0) is 16.8. The van der Waals surface area contributed by atoms with Crippen LogP contribution in [-0.4, -0.2) is 28.4 Å². The number of rotatable bonds is 6.